The molecule has 0 aliphatic carbocycles. The molecule has 0 unspecified atom stereocenters. The third-order valence-electron chi connectivity index (χ3n) is 5.02. The standard InChI is InChI=1S/C17H23N5O2.2ClH/c18-16-7-12(1-3-19-16)17-20-4-5-22(17)13-8-14-11-24-15(2-6-23)10-21(14)9-13;;/h1,3-5,7,13-15,23H,2,6,8-11H2,(H2,18,19);2*1H/t13-,14-,15-;;/m0../s1. The lowest BCUT2D eigenvalue weighted by Crippen LogP contribution is -2.46. The van der Waals surface area contributed by atoms with Gasteiger partial charge < -0.3 is 20.1 Å². The number of aromatic nitrogens is 3. The Kier molecular flexibility index (Phi) is 7.25. The summed E-state index contributed by atoms with van der Waals surface area (Å²) in [5.74, 6) is 1.44. The number of aliphatic hydroxyl groups is 1. The molecule has 2 aromatic rings. The van der Waals surface area contributed by atoms with Crippen molar-refractivity contribution in [3.05, 3.63) is 30.7 Å². The van der Waals surface area contributed by atoms with Crippen molar-refractivity contribution < 1.29 is 9.84 Å². The third kappa shape index (κ3) is 4.13. The predicted molar refractivity (Wildman–Crippen MR) is 105 cm³/mol. The van der Waals surface area contributed by atoms with Crippen molar-refractivity contribution in [1.29, 1.82) is 0 Å². The maximum absolute atomic E-state index is 9.12. The molecule has 3 N–H and O–H groups in total. The highest BCUT2D eigenvalue weighted by atomic mass is 35.5. The Hall–Kier alpha value is -1.38. The summed E-state index contributed by atoms with van der Waals surface area (Å²) in [6.07, 6.45) is 7.51. The highest BCUT2D eigenvalue weighted by molar-refractivity contribution is 5.85. The molecule has 4 rings (SSSR count). The molecule has 4 heterocycles. The number of morpholine rings is 1. The number of aliphatic hydroxyl groups excluding tert-OH is 1. The maximum Gasteiger partial charge on any atom is 0.140 e. The van der Waals surface area contributed by atoms with E-state index in [0.717, 1.165) is 37.5 Å². The second-order valence-electron chi connectivity index (χ2n) is 6.59. The van der Waals surface area contributed by atoms with Gasteiger partial charge in [-0.2, -0.15) is 0 Å². The number of nitrogen functional groups attached to an aromatic ring is 1. The highest BCUT2D eigenvalue weighted by Gasteiger charge is 2.38. The van der Waals surface area contributed by atoms with Crippen LogP contribution in [0.3, 0.4) is 0 Å². The summed E-state index contributed by atoms with van der Waals surface area (Å²) in [4.78, 5) is 11.1. The first-order chi connectivity index (χ1) is 11.7. The number of rotatable bonds is 4. The summed E-state index contributed by atoms with van der Waals surface area (Å²) in [7, 11) is 0. The molecule has 0 spiro atoms. The Morgan fingerprint density at radius 3 is 2.81 bits per heavy atom. The van der Waals surface area contributed by atoms with Gasteiger partial charge in [0.15, 0.2) is 0 Å². The number of nitrogens with zero attached hydrogens (tertiary/aromatic N) is 4. The van der Waals surface area contributed by atoms with Crippen LogP contribution in [0.5, 0.6) is 0 Å². The van der Waals surface area contributed by atoms with Crippen molar-refractivity contribution in [2.24, 2.45) is 0 Å². The molecule has 2 aliphatic rings. The number of nitrogens with two attached hydrogens (primary N) is 1. The minimum Gasteiger partial charge on any atom is -0.396 e. The quantitative estimate of drug-likeness (QED) is 0.811. The van der Waals surface area contributed by atoms with Crippen LogP contribution in [0.4, 0.5) is 5.82 Å². The first kappa shape index (κ1) is 20.9. The first-order valence-electron chi connectivity index (χ1n) is 8.46. The van der Waals surface area contributed by atoms with Gasteiger partial charge in [-0.25, -0.2) is 9.97 Å². The van der Waals surface area contributed by atoms with Gasteiger partial charge in [-0.05, 0) is 25.0 Å². The molecule has 0 radical (unpaired) electrons. The number of halogens is 2. The van der Waals surface area contributed by atoms with Crippen LogP contribution in [0.15, 0.2) is 30.7 Å². The Morgan fingerprint density at radius 2 is 2.04 bits per heavy atom. The average Bonchev–Trinajstić information content (AvgIpc) is 3.21. The summed E-state index contributed by atoms with van der Waals surface area (Å²) in [6, 6.07) is 4.63. The van der Waals surface area contributed by atoms with E-state index >= 15 is 0 Å². The van der Waals surface area contributed by atoms with E-state index in [0.29, 0.717) is 24.3 Å². The molecule has 0 aromatic carbocycles. The van der Waals surface area contributed by atoms with Gasteiger partial charge in [-0.15, -0.1) is 24.8 Å². The van der Waals surface area contributed by atoms with Crippen molar-refractivity contribution in [2.75, 3.05) is 32.0 Å². The molecular weight excluding hydrogens is 377 g/mol. The Bertz CT molecular complexity index is 714. The zero-order valence-electron chi connectivity index (χ0n) is 14.4. The van der Waals surface area contributed by atoms with E-state index in [9.17, 15) is 0 Å². The Balaban J connectivity index is 0.00000121. The number of hydrogen-bond donors (Lipinski definition) is 2. The van der Waals surface area contributed by atoms with Crippen molar-refractivity contribution in [3.63, 3.8) is 0 Å². The number of anilines is 1. The van der Waals surface area contributed by atoms with Gasteiger partial charge in [-0.3, -0.25) is 4.90 Å². The molecule has 3 atom stereocenters. The maximum atomic E-state index is 9.12. The minimum absolute atomic E-state index is 0. The summed E-state index contributed by atoms with van der Waals surface area (Å²) < 4.78 is 8.12. The van der Waals surface area contributed by atoms with Crippen LogP contribution in [0.25, 0.3) is 11.4 Å². The van der Waals surface area contributed by atoms with Gasteiger partial charge in [0.2, 0.25) is 0 Å². The van der Waals surface area contributed by atoms with Gasteiger partial charge in [0.25, 0.3) is 0 Å². The SMILES string of the molecule is Cl.Cl.Nc1cc(-c2nccn2[C@H]2C[C@H]3CO[C@@H](CCO)CN3C2)ccn1. The zero-order valence-corrected chi connectivity index (χ0v) is 16.0. The smallest absolute Gasteiger partial charge is 0.140 e. The van der Waals surface area contributed by atoms with E-state index in [-0.39, 0.29) is 37.5 Å². The molecule has 0 saturated carbocycles. The number of imidazole rings is 1. The number of fused-ring (bicyclic) bond motifs is 1. The fourth-order valence-electron chi connectivity index (χ4n) is 3.85. The van der Waals surface area contributed by atoms with Gasteiger partial charge in [0.05, 0.1) is 12.7 Å². The normalized spacial score (nSPS) is 25.2. The molecule has 144 valence electrons. The Labute approximate surface area is 165 Å². The van der Waals surface area contributed by atoms with Gasteiger partial charge >= 0.3 is 0 Å². The van der Waals surface area contributed by atoms with E-state index in [4.69, 9.17) is 15.6 Å². The lowest BCUT2D eigenvalue weighted by Gasteiger charge is -2.34. The lowest BCUT2D eigenvalue weighted by molar-refractivity contribution is -0.0567. The molecule has 2 aliphatic heterocycles. The van der Waals surface area contributed by atoms with Crippen LogP contribution in [0, 0.1) is 0 Å². The average molecular weight is 402 g/mol. The van der Waals surface area contributed by atoms with Crippen molar-refractivity contribution in [3.8, 4) is 11.4 Å². The number of pyridine rings is 1. The fraction of sp³-hybridized carbons (Fsp3) is 0.529. The van der Waals surface area contributed by atoms with Crippen LogP contribution >= 0.6 is 24.8 Å². The van der Waals surface area contributed by atoms with Crippen molar-refractivity contribution >= 4 is 30.6 Å². The van der Waals surface area contributed by atoms with Crippen molar-refractivity contribution in [2.45, 2.75) is 31.0 Å². The van der Waals surface area contributed by atoms with Crippen LogP contribution < -0.4 is 5.73 Å². The van der Waals surface area contributed by atoms with Gasteiger partial charge in [-0.1, -0.05) is 0 Å². The van der Waals surface area contributed by atoms with Crippen molar-refractivity contribution in [1.82, 2.24) is 19.4 Å². The molecule has 0 amide bonds. The summed E-state index contributed by atoms with van der Waals surface area (Å²) in [6.45, 7) is 2.81. The van der Waals surface area contributed by atoms with E-state index in [1.807, 2.05) is 24.5 Å². The van der Waals surface area contributed by atoms with Gasteiger partial charge in [0.1, 0.15) is 11.6 Å². The number of hydrogen-bond acceptors (Lipinski definition) is 6. The third-order valence-corrected chi connectivity index (χ3v) is 5.02. The van der Waals surface area contributed by atoms with Crippen LogP contribution in [-0.4, -0.2) is 63.0 Å². The van der Waals surface area contributed by atoms with E-state index in [1.165, 1.54) is 0 Å². The molecular formula is C17H25Cl2N5O2. The van der Waals surface area contributed by atoms with Crippen LogP contribution in [0.1, 0.15) is 18.9 Å². The lowest BCUT2D eigenvalue weighted by atomic mass is 10.1. The zero-order chi connectivity index (χ0) is 16.5. The molecule has 7 nitrogen and oxygen atoms in total. The molecule has 2 aromatic heterocycles. The molecule has 26 heavy (non-hydrogen) atoms. The molecule has 0 bridgehead atoms. The molecule has 2 saturated heterocycles. The highest BCUT2D eigenvalue weighted by Crippen LogP contribution is 2.33. The largest absolute Gasteiger partial charge is 0.396 e. The second-order valence-corrected chi connectivity index (χ2v) is 6.59. The monoisotopic (exact) mass is 401 g/mol. The summed E-state index contributed by atoms with van der Waals surface area (Å²) in [5.41, 5.74) is 6.81. The van der Waals surface area contributed by atoms with E-state index in [1.54, 1.807) is 6.20 Å². The molecule has 2 fully saturated rings. The van der Waals surface area contributed by atoms with Crippen LogP contribution in [0.2, 0.25) is 0 Å². The summed E-state index contributed by atoms with van der Waals surface area (Å²) >= 11 is 0. The fourth-order valence-corrected chi connectivity index (χ4v) is 3.85. The first-order valence-corrected chi connectivity index (χ1v) is 8.46. The number of ether oxygens (including phenoxy) is 1. The van der Waals surface area contributed by atoms with E-state index in [2.05, 4.69) is 19.4 Å². The second kappa shape index (κ2) is 9.01. The predicted octanol–water partition coefficient (Wildman–Crippen LogP) is 1.77. The van der Waals surface area contributed by atoms with E-state index < -0.39 is 0 Å². The molecule has 9 heteroatoms. The Morgan fingerprint density at radius 1 is 1.19 bits per heavy atom. The summed E-state index contributed by atoms with van der Waals surface area (Å²) in [5, 5.41) is 9.12. The van der Waals surface area contributed by atoms with Gasteiger partial charge in [0, 0.05) is 55.9 Å². The van der Waals surface area contributed by atoms with Crippen LogP contribution in [-0.2, 0) is 4.74 Å². The minimum atomic E-state index is 0. The topological polar surface area (TPSA) is 89.4 Å².